The van der Waals surface area contributed by atoms with Crippen molar-refractivity contribution in [1.29, 1.82) is 0 Å². The van der Waals surface area contributed by atoms with Gasteiger partial charge in [-0.2, -0.15) is 0 Å². The Morgan fingerprint density at radius 2 is 1.58 bits per heavy atom. The van der Waals surface area contributed by atoms with Crippen molar-refractivity contribution < 1.29 is 4.74 Å². The first-order chi connectivity index (χ1) is 9.16. The molecule has 0 atom stereocenters. The Balaban J connectivity index is 2.09. The number of ether oxygens (including phenoxy) is 1. The average Bonchev–Trinajstić information content (AvgIpc) is 2.39. The maximum absolute atomic E-state index is 5.97. The second kappa shape index (κ2) is 6.76. The molecule has 2 aromatic carbocycles. The Kier molecular flexibility index (Phi) is 5.03. The summed E-state index contributed by atoms with van der Waals surface area (Å²) in [5, 5.41) is 0. The Bertz CT molecular complexity index is 534. The van der Waals surface area contributed by atoms with Gasteiger partial charge in [0, 0.05) is 10.0 Å². The normalized spacial score (nSPS) is 10.7. The van der Waals surface area contributed by atoms with E-state index in [4.69, 9.17) is 4.74 Å². The summed E-state index contributed by atoms with van der Waals surface area (Å²) < 4.78 is 7.07. The van der Waals surface area contributed by atoms with Crippen LogP contribution in [0.3, 0.4) is 0 Å². The molecule has 2 aromatic rings. The van der Waals surface area contributed by atoms with Gasteiger partial charge in [-0.05, 0) is 30.0 Å². The molecule has 0 amide bonds. The highest BCUT2D eigenvalue weighted by Crippen LogP contribution is 2.24. The van der Waals surface area contributed by atoms with Crippen LogP contribution in [0, 0.1) is 5.92 Å². The van der Waals surface area contributed by atoms with Crippen LogP contribution < -0.4 is 4.74 Å². The van der Waals surface area contributed by atoms with E-state index in [0.717, 1.165) is 16.6 Å². The lowest BCUT2D eigenvalue weighted by Crippen LogP contribution is -2.01. The summed E-state index contributed by atoms with van der Waals surface area (Å²) in [4.78, 5) is 0. The Hall–Kier alpha value is -1.28. The summed E-state index contributed by atoms with van der Waals surface area (Å²) in [6.45, 7) is 5.05. The van der Waals surface area contributed by atoms with Gasteiger partial charge in [-0.25, -0.2) is 0 Å². The SMILES string of the molecule is CC(C)Cc1ccccc1OCc1ccccc1Br. The molecular weight excluding hydrogens is 300 g/mol. The topological polar surface area (TPSA) is 9.23 Å². The van der Waals surface area contributed by atoms with E-state index in [2.05, 4.69) is 54.0 Å². The molecule has 0 aliphatic heterocycles. The standard InChI is InChI=1S/C17H19BrO/c1-13(2)11-14-7-4-6-10-17(14)19-12-15-8-3-5-9-16(15)18/h3-10,13H,11-12H2,1-2H3. The van der Waals surface area contributed by atoms with E-state index in [-0.39, 0.29) is 0 Å². The van der Waals surface area contributed by atoms with Crippen LogP contribution in [0.4, 0.5) is 0 Å². The van der Waals surface area contributed by atoms with Crippen LogP contribution in [0.15, 0.2) is 53.0 Å². The molecule has 1 nitrogen and oxygen atoms in total. The van der Waals surface area contributed by atoms with Crippen molar-refractivity contribution in [3.8, 4) is 5.75 Å². The van der Waals surface area contributed by atoms with Gasteiger partial charge in [0.2, 0.25) is 0 Å². The van der Waals surface area contributed by atoms with Gasteiger partial charge in [-0.3, -0.25) is 0 Å². The molecule has 0 spiro atoms. The molecule has 0 saturated carbocycles. The van der Waals surface area contributed by atoms with Crippen LogP contribution in [0.5, 0.6) is 5.75 Å². The lowest BCUT2D eigenvalue weighted by molar-refractivity contribution is 0.301. The van der Waals surface area contributed by atoms with Gasteiger partial charge in [-0.1, -0.05) is 66.2 Å². The zero-order valence-corrected chi connectivity index (χ0v) is 13.0. The van der Waals surface area contributed by atoms with Gasteiger partial charge < -0.3 is 4.74 Å². The lowest BCUT2D eigenvalue weighted by atomic mass is 10.0. The fourth-order valence-corrected chi connectivity index (χ4v) is 2.42. The number of para-hydroxylation sites is 1. The summed E-state index contributed by atoms with van der Waals surface area (Å²) >= 11 is 3.55. The van der Waals surface area contributed by atoms with Gasteiger partial charge in [0.15, 0.2) is 0 Å². The molecule has 0 radical (unpaired) electrons. The molecule has 0 aliphatic rings. The minimum atomic E-state index is 0.594. The molecule has 2 rings (SSSR count). The van der Waals surface area contributed by atoms with Gasteiger partial charge >= 0.3 is 0 Å². The molecule has 19 heavy (non-hydrogen) atoms. The Morgan fingerprint density at radius 3 is 2.26 bits per heavy atom. The number of benzene rings is 2. The molecular formula is C17H19BrO. The summed E-state index contributed by atoms with van der Waals surface area (Å²) in [6.07, 6.45) is 1.05. The average molecular weight is 319 g/mol. The van der Waals surface area contributed by atoms with E-state index in [1.807, 2.05) is 24.3 Å². The van der Waals surface area contributed by atoms with Crippen molar-refractivity contribution in [1.82, 2.24) is 0 Å². The van der Waals surface area contributed by atoms with Crippen LogP contribution in [0.1, 0.15) is 25.0 Å². The zero-order chi connectivity index (χ0) is 13.7. The fraction of sp³-hybridized carbons (Fsp3) is 0.294. The predicted octanol–water partition coefficient (Wildman–Crippen LogP) is 5.23. The third kappa shape index (κ3) is 4.10. The second-order valence-corrected chi connectivity index (χ2v) is 5.94. The summed E-state index contributed by atoms with van der Waals surface area (Å²) in [5.74, 6) is 1.63. The summed E-state index contributed by atoms with van der Waals surface area (Å²) in [6, 6.07) is 16.5. The number of hydrogen-bond acceptors (Lipinski definition) is 1. The number of halogens is 1. The van der Waals surface area contributed by atoms with E-state index in [0.29, 0.717) is 12.5 Å². The predicted molar refractivity (Wildman–Crippen MR) is 83.5 cm³/mol. The molecule has 0 heterocycles. The van der Waals surface area contributed by atoms with Crippen molar-refractivity contribution >= 4 is 15.9 Å². The Labute approximate surface area is 123 Å². The highest BCUT2D eigenvalue weighted by molar-refractivity contribution is 9.10. The van der Waals surface area contributed by atoms with Crippen molar-refractivity contribution in [3.05, 3.63) is 64.1 Å². The highest BCUT2D eigenvalue weighted by Gasteiger charge is 2.06. The Morgan fingerprint density at radius 1 is 0.947 bits per heavy atom. The fourth-order valence-electron chi connectivity index (χ4n) is 2.02. The van der Waals surface area contributed by atoms with E-state index < -0.39 is 0 Å². The van der Waals surface area contributed by atoms with Gasteiger partial charge in [0.05, 0.1) is 0 Å². The molecule has 0 aromatic heterocycles. The van der Waals surface area contributed by atoms with E-state index in [1.54, 1.807) is 0 Å². The lowest BCUT2D eigenvalue weighted by Gasteiger charge is -2.13. The first-order valence-electron chi connectivity index (χ1n) is 6.61. The maximum atomic E-state index is 5.97. The van der Waals surface area contributed by atoms with Gasteiger partial charge in [0.25, 0.3) is 0 Å². The molecule has 2 heteroatoms. The van der Waals surface area contributed by atoms with Crippen molar-refractivity contribution in [2.75, 3.05) is 0 Å². The van der Waals surface area contributed by atoms with Crippen LogP contribution in [-0.4, -0.2) is 0 Å². The quantitative estimate of drug-likeness (QED) is 0.733. The van der Waals surface area contributed by atoms with Crippen molar-refractivity contribution in [2.45, 2.75) is 26.9 Å². The van der Waals surface area contributed by atoms with Crippen LogP contribution >= 0.6 is 15.9 Å². The maximum Gasteiger partial charge on any atom is 0.123 e. The number of hydrogen-bond donors (Lipinski definition) is 0. The molecule has 0 bridgehead atoms. The first-order valence-corrected chi connectivity index (χ1v) is 7.40. The molecule has 0 fully saturated rings. The van der Waals surface area contributed by atoms with E-state index in [9.17, 15) is 0 Å². The highest BCUT2D eigenvalue weighted by atomic mass is 79.9. The van der Waals surface area contributed by atoms with Crippen molar-refractivity contribution in [3.63, 3.8) is 0 Å². The summed E-state index contributed by atoms with van der Waals surface area (Å²) in [5.41, 5.74) is 2.45. The minimum absolute atomic E-state index is 0.594. The number of rotatable bonds is 5. The zero-order valence-electron chi connectivity index (χ0n) is 11.4. The second-order valence-electron chi connectivity index (χ2n) is 5.09. The third-order valence-electron chi connectivity index (χ3n) is 2.94. The monoisotopic (exact) mass is 318 g/mol. The molecule has 100 valence electrons. The molecule has 0 N–H and O–H groups in total. The van der Waals surface area contributed by atoms with Crippen LogP contribution in [0.25, 0.3) is 0 Å². The third-order valence-corrected chi connectivity index (χ3v) is 3.72. The largest absolute Gasteiger partial charge is 0.489 e. The van der Waals surface area contributed by atoms with Gasteiger partial charge in [0.1, 0.15) is 12.4 Å². The molecule has 0 aliphatic carbocycles. The smallest absolute Gasteiger partial charge is 0.123 e. The van der Waals surface area contributed by atoms with Crippen LogP contribution in [-0.2, 0) is 13.0 Å². The van der Waals surface area contributed by atoms with Crippen LogP contribution in [0.2, 0.25) is 0 Å². The molecule has 0 saturated heterocycles. The van der Waals surface area contributed by atoms with Crippen molar-refractivity contribution in [2.24, 2.45) is 5.92 Å². The molecule has 0 unspecified atom stereocenters. The van der Waals surface area contributed by atoms with E-state index >= 15 is 0 Å². The van der Waals surface area contributed by atoms with Gasteiger partial charge in [-0.15, -0.1) is 0 Å². The van der Waals surface area contributed by atoms with E-state index in [1.165, 1.54) is 11.1 Å². The summed E-state index contributed by atoms with van der Waals surface area (Å²) in [7, 11) is 0. The minimum Gasteiger partial charge on any atom is -0.489 e. The first kappa shape index (κ1) is 14.1.